The molecule has 3 aromatic rings. The Balaban J connectivity index is 1.40. The van der Waals surface area contributed by atoms with Gasteiger partial charge in [-0.1, -0.05) is 35.3 Å². The highest BCUT2D eigenvalue weighted by atomic mass is 35.5. The van der Waals surface area contributed by atoms with Gasteiger partial charge in [0.1, 0.15) is 23.0 Å². The monoisotopic (exact) mass is 753 g/mol. The first-order chi connectivity index (χ1) is 24.0. The van der Waals surface area contributed by atoms with Crippen molar-refractivity contribution in [2.75, 3.05) is 24.6 Å². The van der Waals surface area contributed by atoms with Crippen LogP contribution < -0.4 is 15.0 Å². The molecule has 1 saturated heterocycles. The Kier molecular flexibility index (Phi) is 11.2. The van der Waals surface area contributed by atoms with Crippen molar-refractivity contribution in [1.82, 2.24) is 19.8 Å². The second-order valence-corrected chi connectivity index (χ2v) is 13.5. The molecule has 2 N–H and O–H groups in total. The van der Waals surface area contributed by atoms with Crippen molar-refractivity contribution >= 4 is 58.5 Å². The molecule has 51 heavy (non-hydrogen) atoms. The molecular formula is C34H36Cl2F3N5O7. The van der Waals surface area contributed by atoms with E-state index >= 15 is 0 Å². The summed E-state index contributed by atoms with van der Waals surface area (Å²) in [6.45, 7) is 5.50. The molecule has 1 unspecified atom stereocenters. The maximum absolute atomic E-state index is 14.3. The number of anilines is 2. The van der Waals surface area contributed by atoms with E-state index in [9.17, 15) is 37.5 Å². The number of ether oxygens (including phenoxy) is 2. The van der Waals surface area contributed by atoms with Gasteiger partial charge in [0.15, 0.2) is 0 Å². The number of hydrogen-bond donors (Lipinski definition) is 2. The Morgan fingerprint density at radius 3 is 2.43 bits per heavy atom. The number of rotatable bonds is 11. The lowest BCUT2D eigenvalue weighted by molar-refractivity contribution is -0.274. The number of imidazole rings is 1. The van der Waals surface area contributed by atoms with Gasteiger partial charge in [-0.25, -0.2) is 9.88 Å². The Morgan fingerprint density at radius 2 is 1.80 bits per heavy atom. The number of aliphatic hydroxyl groups is 1. The van der Waals surface area contributed by atoms with Crippen LogP contribution in [0.1, 0.15) is 56.1 Å². The van der Waals surface area contributed by atoms with Crippen molar-refractivity contribution in [2.24, 2.45) is 5.92 Å². The van der Waals surface area contributed by atoms with E-state index in [2.05, 4.69) is 15.0 Å². The number of piperidine rings is 1. The molecule has 274 valence electrons. The number of halogens is 5. The van der Waals surface area contributed by atoms with E-state index in [1.54, 1.807) is 13.8 Å². The third-order valence-electron chi connectivity index (χ3n) is 8.86. The molecule has 2 aromatic carbocycles. The zero-order chi connectivity index (χ0) is 37.2. The minimum atomic E-state index is -4.89. The van der Waals surface area contributed by atoms with Crippen molar-refractivity contribution in [3.05, 3.63) is 70.0 Å². The van der Waals surface area contributed by atoms with Gasteiger partial charge in [-0.2, -0.15) is 0 Å². The quantitative estimate of drug-likeness (QED) is 0.248. The number of hydrogen-bond acceptors (Lipinski definition) is 8. The van der Waals surface area contributed by atoms with E-state index in [0.29, 0.717) is 24.9 Å². The summed E-state index contributed by atoms with van der Waals surface area (Å²) in [5.41, 5.74) is -0.884. The van der Waals surface area contributed by atoms with Crippen molar-refractivity contribution in [3.63, 3.8) is 0 Å². The Labute approximate surface area is 301 Å². The van der Waals surface area contributed by atoms with Gasteiger partial charge in [0, 0.05) is 35.5 Å². The molecule has 2 aliphatic rings. The predicted molar refractivity (Wildman–Crippen MR) is 180 cm³/mol. The van der Waals surface area contributed by atoms with Crippen LogP contribution in [0.25, 0.3) is 0 Å². The smallest absolute Gasteiger partial charge is 0.466 e. The largest absolute Gasteiger partial charge is 0.573 e. The highest BCUT2D eigenvalue weighted by Crippen LogP contribution is 2.43. The zero-order valence-corrected chi connectivity index (χ0v) is 29.4. The second kappa shape index (κ2) is 15.1. The molecule has 4 atom stereocenters. The molecule has 0 bridgehead atoms. The van der Waals surface area contributed by atoms with Crippen molar-refractivity contribution < 1.29 is 46.9 Å². The van der Waals surface area contributed by atoms with Gasteiger partial charge in [0.25, 0.3) is 11.8 Å². The number of carbonyl (C=O) groups is 4. The average Bonchev–Trinajstić information content (AvgIpc) is 3.58. The molecule has 0 aliphatic carbocycles. The lowest BCUT2D eigenvalue weighted by atomic mass is 9.90. The minimum Gasteiger partial charge on any atom is -0.466 e. The van der Waals surface area contributed by atoms with E-state index < -0.39 is 53.5 Å². The van der Waals surface area contributed by atoms with Gasteiger partial charge in [0.05, 0.1) is 31.0 Å². The van der Waals surface area contributed by atoms with Gasteiger partial charge < -0.3 is 24.8 Å². The summed E-state index contributed by atoms with van der Waals surface area (Å²) in [5.74, 6) is -2.94. The number of nitrogens with one attached hydrogen (secondary N) is 1. The molecule has 0 radical (unpaired) electrons. The van der Waals surface area contributed by atoms with Gasteiger partial charge in [-0.3, -0.25) is 23.7 Å². The van der Waals surface area contributed by atoms with Gasteiger partial charge in [0.2, 0.25) is 11.9 Å². The Morgan fingerprint density at radius 1 is 1.14 bits per heavy atom. The number of nitrogens with zero attached hydrogens (tertiary/aromatic N) is 4. The van der Waals surface area contributed by atoms with E-state index in [4.69, 9.17) is 27.9 Å². The van der Waals surface area contributed by atoms with Crippen LogP contribution in [0, 0.1) is 5.92 Å². The van der Waals surface area contributed by atoms with E-state index in [0.717, 1.165) is 12.1 Å². The summed E-state index contributed by atoms with van der Waals surface area (Å²) in [4.78, 5) is 60.7. The summed E-state index contributed by atoms with van der Waals surface area (Å²) in [6.07, 6.45) is -3.72. The topological polar surface area (TPSA) is 143 Å². The molecule has 0 saturated carbocycles. The molecule has 12 nitrogen and oxygen atoms in total. The normalized spacial score (nSPS) is 20.1. The number of alkyl halides is 3. The number of aliphatic hydroxyl groups excluding tert-OH is 1. The molecule has 1 aromatic heterocycles. The Bertz CT molecular complexity index is 1780. The van der Waals surface area contributed by atoms with Crippen LogP contribution in [-0.2, 0) is 31.1 Å². The van der Waals surface area contributed by atoms with Crippen molar-refractivity contribution in [1.29, 1.82) is 0 Å². The predicted octanol–water partition coefficient (Wildman–Crippen LogP) is 5.40. The fraction of sp³-hybridized carbons (Fsp3) is 0.441. The molecule has 17 heteroatoms. The zero-order valence-electron chi connectivity index (χ0n) is 27.9. The minimum absolute atomic E-state index is 0.0523. The number of esters is 1. The molecule has 3 heterocycles. The second-order valence-electron chi connectivity index (χ2n) is 12.6. The third kappa shape index (κ3) is 8.42. The van der Waals surface area contributed by atoms with Crippen LogP contribution in [0.4, 0.5) is 24.8 Å². The lowest BCUT2D eigenvalue weighted by Crippen LogP contribution is -2.52. The van der Waals surface area contributed by atoms with E-state index in [1.807, 2.05) is 0 Å². The fourth-order valence-corrected chi connectivity index (χ4v) is 7.04. The summed E-state index contributed by atoms with van der Waals surface area (Å²) in [7, 11) is 0. The number of amides is 3. The highest BCUT2D eigenvalue weighted by Gasteiger charge is 2.51. The summed E-state index contributed by atoms with van der Waals surface area (Å²) in [5, 5.41) is 13.8. The summed E-state index contributed by atoms with van der Waals surface area (Å²) < 4.78 is 48.6. The highest BCUT2D eigenvalue weighted by molar-refractivity contribution is 6.35. The summed E-state index contributed by atoms with van der Waals surface area (Å²) in [6, 6.07) is 8.44. The molecule has 2 aliphatic heterocycles. The average molecular weight is 755 g/mol. The molecular weight excluding hydrogens is 718 g/mol. The molecule has 5 rings (SSSR count). The van der Waals surface area contributed by atoms with Crippen LogP contribution in [-0.4, -0.2) is 81.5 Å². The standard InChI is InChI=1S/C34H36Cl2F3N5O7/c1-4-50-28(46)15-27(45)21-6-5-11-42(18-21)30(48)19(2)41-29(47)26-17-40-32-43(24-13-22(35)12-23(36)14-24)31(49)33(3,44(26)32)16-20-7-9-25(10-8-20)51-34(37,38)39/h7-10,12-14,17,19,21,27,45H,4-6,11,15-16,18H2,1-3H3,(H,41,47)/t19-,21+,27?,33+/m0/s1. The van der Waals surface area contributed by atoms with Crippen molar-refractivity contribution in [2.45, 2.75) is 70.5 Å². The van der Waals surface area contributed by atoms with Gasteiger partial charge >= 0.3 is 12.3 Å². The van der Waals surface area contributed by atoms with Crippen LogP contribution in [0.15, 0.2) is 48.7 Å². The lowest BCUT2D eigenvalue weighted by Gasteiger charge is -2.36. The van der Waals surface area contributed by atoms with Crippen LogP contribution in [0.3, 0.4) is 0 Å². The van der Waals surface area contributed by atoms with Gasteiger partial charge in [-0.15, -0.1) is 13.2 Å². The maximum Gasteiger partial charge on any atom is 0.573 e. The third-order valence-corrected chi connectivity index (χ3v) is 9.29. The SMILES string of the molecule is CCOC(=O)CC(O)[C@@H]1CCCN(C(=O)[C@H](C)NC(=O)c2cnc3n2[C@](C)(Cc2ccc(OC(F)(F)F)cc2)C(=O)N3c2cc(Cl)cc(Cl)c2)C1. The molecule has 1 fully saturated rings. The molecule has 3 amide bonds. The number of carbonyl (C=O) groups excluding carboxylic acids is 4. The van der Waals surface area contributed by atoms with Crippen LogP contribution >= 0.6 is 23.2 Å². The fourth-order valence-electron chi connectivity index (χ4n) is 6.52. The molecule has 0 spiro atoms. The number of fused-ring (bicyclic) bond motifs is 1. The number of aromatic nitrogens is 2. The van der Waals surface area contributed by atoms with Crippen LogP contribution in [0.5, 0.6) is 5.75 Å². The summed E-state index contributed by atoms with van der Waals surface area (Å²) >= 11 is 12.5. The first-order valence-electron chi connectivity index (χ1n) is 16.2. The van der Waals surface area contributed by atoms with E-state index in [1.165, 1.54) is 57.8 Å². The first-order valence-corrected chi connectivity index (χ1v) is 16.9. The van der Waals surface area contributed by atoms with Crippen molar-refractivity contribution in [3.8, 4) is 5.75 Å². The van der Waals surface area contributed by atoms with Crippen LogP contribution in [0.2, 0.25) is 10.0 Å². The Hall–Kier alpha value is -4.34. The number of likely N-dealkylation sites (tertiary alicyclic amines) is 1. The van der Waals surface area contributed by atoms with E-state index in [-0.39, 0.29) is 59.3 Å². The maximum atomic E-state index is 14.3. The van der Waals surface area contributed by atoms with Gasteiger partial charge in [-0.05, 0) is 69.5 Å². The number of benzene rings is 2. The first kappa shape index (κ1) is 37.9.